The minimum Gasteiger partial charge on any atom is -0.497 e. The Labute approximate surface area is 234 Å². The molecule has 9 nitrogen and oxygen atoms in total. The number of thioether (sulfide) groups is 1. The monoisotopic (exact) mass is 560 g/mol. The fourth-order valence-corrected chi connectivity index (χ4v) is 5.79. The van der Waals surface area contributed by atoms with Crippen molar-refractivity contribution >= 4 is 40.6 Å². The molecule has 1 aliphatic rings. The van der Waals surface area contributed by atoms with E-state index in [1.807, 2.05) is 73.9 Å². The number of nitrogens with one attached hydrogen (secondary N) is 1. The summed E-state index contributed by atoms with van der Waals surface area (Å²) in [4.78, 5) is 27.0. The number of benzene rings is 2. The maximum Gasteiger partial charge on any atom is 0.253 e. The van der Waals surface area contributed by atoms with E-state index in [-0.39, 0.29) is 30.2 Å². The van der Waals surface area contributed by atoms with Gasteiger partial charge in [-0.05, 0) is 48.2 Å². The molecule has 4 aromatic rings. The molecule has 1 aliphatic heterocycles. The number of carbonyl (C=O) groups excluding carboxylic acids is 2. The number of aromatic nitrogens is 3. The Hall–Kier alpha value is -3.96. The first kappa shape index (κ1) is 26.6. The predicted octanol–water partition coefficient (Wildman–Crippen LogP) is 4.59. The van der Waals surface area contributed by atoms with Crippen molar-refractivity contribution in [2.45, 2.75) is 31.1 Å². The molecule has 0 fully saturated rings. The Morgan fingerprint density at radius 2 is 1.95 bits per heavy atom. The molecule has 2 amide bonds. The van der Waals surface area contributed by atoms with Gasteiger partial charge in [-0.3, -0.25) is 9.59 Å². The summed E-state index contributed by atoms with van der Waals surface area (Å²) in [6, 6.07) is 19.0. The van der Waals surface area contributed by atoms with Gasteiger partial charge in [0.05, 0.1) is 36.0 Å². The van der Waals surface area contributed by atoms with Crippen molar-refractivity contribution in [1.82, 2.24) is 25.1 Å². The van der Waals surface area contributed by atoms with Crippen LogP contribution in [0.5, 0.6) is 5.75 Å². The van der Waals surface area contributed by atoms with Gasteiger partial charge >= 0.3 is 0 Å². The summed E-state index contributed by atoms with van der Waals surface area (Å²) in [5, 5.41) is 20.2. The number of rotatable bonds is 9. The van der Waals surface area contributed by atoms with Crippen molar-refractivity contribution < 1.29 is 14.3 Å². The first-order chi connectivity index (χ1) is 18.9. The first-order valence-corrected chi connectivity index (χ1v) is 14.2. The Morgan fingerprint density at radius 1 is 1.13 bits per heavy atom. The van der Waals surface area contributed by atoms with Crippen LogP contribution < -0.4 is 10.1 Å². The molecule has 0 bridgehead atoms. The van der Waals surface area contributed by atoms with Gasteiger partial charge < -0.3 is 14.6 Å². The molecule has 11 heteroatoms. The summed E-state index contributed by atoms with van der Waals surface area (Å²) in [6.07, 6.45) is 0.637. The van der Waals surface area contributed by atoms with E-state index in [9.17, 15) is 9.59 Å². The normalized spacial score (nSPS) is 14.8. The number of carbonyl (C=O) groups is 2. The fraction of sp³-hybridized carbons (Fsp3) is 0.250. The SMILES string of the molecule is COc1ccc([C@H]2CC(c3cccs3)=NN2C(=O)CSc2nnc(CNC(=O)c3cccc(C)c3)n2C)cc1. The average Bonchev–Trinajstić information content (AvgIpc) is 3.71. The second-order valence-corrected chi connectivity index (χ2v) is 10.9. The van der Waals surface area contributed by atoms with Crippen LogP contribution in [0.25, 0.3) is 0 Å². The number of methoxy groups -OCH3 is 1. The molecule has 200 valence electrons. The van der Waals surface area contributed by atoms with E-state index in [1.165, 1.54) is 11.8 Å². The smallest absolute Gasteiger partial charge is 0.253 e. The molecule has 0 spiro atoms. The zero-order chi connectivity index (χ0) is 27.4. The number of hydrogen-bond donors (Lipinski definition) is 1. The Kier molecular flexibility index (Phi) is 8.08. The molecule has 5 rings (SSSR count). The molecule has 0 saturated carbocycles. The van der Waals surface area contributed by atoms with Gasteiger partial charge in [0.1, 0.15) is 5.75 Å². The summed E-state index contributed by atoms with van der Waals surface area (Å²) in [7, 11) is 3.45. The van der Waals surface area contributed by atoms with Gasteiger partial charge in [-0.15, -0.1) is 21.5 Å². The molecule has 0 saturated heterocycles. The summed E-state index contributed by atoms with van der Waals surface area (Å²) in [5.41, 5.74) is 3.50. The Balaban J connectivity index is 1.25. The van der Waals surface area contributed by atoms with E-state index in [0.717, 1.165) is 27.5 Å². The largest absolute Gasteiger partial charge is 0.497 e. The van der Waals surface area contributed by atoms with Gasteiger partial charge in [-0.25, -0.2) is 5.01 Å². The van der Waals surface area contributed by atoms with E-state index in [2.05, 4.69) is 15.5 Å². The fourth-order valence-electron chi connectivity index (χ4n) is 4.28. The van der Waals surface area contributed by atoms with E-state index < -0.39 is 0 Å². The average molecular weight is 561 g/mol. The van der Waals surface area contributed by atoms with Crippen molar-refractivity contribution in [1.29, 1.82) is 0 Å². The number of hydrazone groups is 1. The van der Waals surface area contributed by atoms with Crippen LogP contribution in [0.15, 0.2) is 76.3 Å². The molecule has 0 radical (unpaired) electrons. The zero-order valence-electron chi connectivity index (χ0n) is 21.8. The Morgan fingerprint density at radius 3 is 2.67 bits per heavy atom. The third-order valence-electron chi connectivity index (χ3n) is 6.41. The molecule has 3 heterocycles. The number of ether oxygens (including phenoxy) is 1. The topological polar surface area (TPSA) is 102 Å². The number of hydrogen-bond acceptors (Lipinski definition) is 8. The van der Waals surface area contributed by atoms with Crippen molar-refractivity contribution in [3.63, 3.8) is 0 Å². The number of aryl methyl sites for hydroxylation is 1. The molecule has 0 aliphatic carbocycles. The molecule has 39 heavy (non-hydrogen) atoms. The zero-order valence-corrected chi connectivity index (χ0v) is 23.5. The van der Waals surface area contributed by atoms with Crippen LogP contribution in [0.2, 0.25) is 0 Å². The molecular weight excluding hydrogens is 532 g/mol. The standard InChI is InChI=1S/C28H28N6O3S2/c1-18-6-4-7-20(14-18)27(36)29-16-25-30-31-28(33(25)2)39-17-26(35)34-23(19-9-11-21(37-3)12-10-19)15-22(32-34)24-8-5-13-38-24/h4-14,23H,15-17H2,1-3H3,(H,29,36)/t23-/m1/s1. The van der Waals surface area contributed by atoms with E-state index >= 15 is 0 Å². The van der Waals surface area contributed by atoms with Crippen molar-refractivity contribution in [2.24, 2.45) is 12.1 Å². The van der Waals surface area contributed by atoms with Crippen molar-refractivity contribution in [3.05, 3.63) is 93.4 Å². The van der Waals surface area contributed by atoms with Crippen molar-refractivity contribution in [3.8, 4) is 5.75 Å². The second kappa shape index (κ2) is 11.8. The lowest BCUT2D eigenvalue weighted by Gasteiger charge is -2.22. The molecule has 0 unspecified atom stereocenters. The minimum absolute atomic E-state index is 0.121. The van der Waals surface area contributed by atoms with Gasteiger partial charge in [-0.2, -0.15) is 5.10 Å². The van der Waals surface area contributed by atoms with E-state index in [1.54, 1.807) is 34.1 Å². The van der Waals surface area contributed by atoms with Gasteiger partial charge in [0, 0.05) is 19.0 Å². The first-order valence-electron chi connectivity index (χ1n) is 12.4. The number of thiophene rings is 1. The van der Waals surface area contributed by atoms with Gasteiger partial charge in [0.25, 0.3) is 11.8 Å². The van der Waals surface area contributed by atoms with Crippen LogP contribution in [0.1, 0.15) is 44.6 Å². The lowest BCUT2D eigenvalue weighted by atomic mass is 10.0. The van der Waals surface area contributed by atoms with Gasteiger partial charge in [0.2, 0.25) is 0 Å². The molecule has 1 atom stereocenters. The highest BCUT2D eigenvalue weighted by Gasteiger charge is 2.33. The van der Waals surface area contributed by atoms with Crippen LogP contribution in [0.4, 0.5) is 0 Å². The van der Waals surface area contributed by atoms with E-state index in [4.69, 9.17) is 9.84 Å². The number of nitrogens with zero attached hydrogens (tertiary/aromatic N) is 5. The highest BCUT2D eigenvalue weighted by molar-refractivity contribution is 7.99. The number of amides is 2. The van der Waals surface area contributed by atoms with E-state index in [0.29, 0.717) is 23.0 Å². The summed E-state index contributed by atoms with van der Waals surface area (Å²) in [5.74, 6) is 1.21. The highest BCUT2D eigenvalue weighted by atomic mass is 32.2. The minimum atomic E-state index is -0.201. The van der Waals surface area contributed by atoms with Gasteiger partial charge in [0.15, 0.2) is 11.0 Å². The third kappa shape index (κ3) is 6.04. The summed E-state index contributed by atoms with van der Waals surface area (Å²) in [6.45, 7) is 2.17. The molecule has 2 aromatic heterocycles. The van der Waals surface area contributed by atoms with Crippen LogP contribution in [-0.2, 0) is 18.4 Å². The highest BCUT2D eigenvalue weighted by Crippen LogP contribution is 2.35. The van der Waals surface area contributed by atoms with Crippen LogP contribution >= 0.6 is 23.1 Å². The molecule has 1 N–H and O–H groups in total. The van der Waals surface area contributed by atoms with Crippen LogP contribution in [-0.4, -0.2) is 50.2 Å². The third-order valence-corrected chi connectivity index (χ3v) is 8.33. The Bertz CT molecular complexity index is 1500. The lowest BCUT2D eigenvalue weighted by molar-refractivity contribution is -0.130. The maximum absolute atomic E-state index is 13.4. The summed E-state index contributed by atoms with van der Waals surface area (Å²) >= 11 is 2.91. The molecular formula is C28H28N6O3S2. The quantitative estimate of drug-likeness (QED) is 0.301. The van der Waals surface area contributed by atoms with Crippen LogP contribution in [0, 0.1) is 6.92 Å². The lowest BCUT2D eigenvalue weighted by Crippen LogP contribution is -2.28. The maximum atomic E-state index is 13.4. The predicted molar refractivity (Wildman–Crippen MR) is 152 cm³/mol. The van der Waals surface area contributed by atoms with Crippen LogP contribution in [0.3, 0.4) is 0 Å². The second-order valence-electron chi connectivity index (χ2n) is 9.05. The summed E-state index contributed by atoms with van der Waals surface area (Å²) < 4.78 is 7.09. The van der Waals surface area contributed by atoms with Crippen molar-refractivity contribution in [2.75, 3.05) is 12.9 Å². The molecule has 2 aromatic carbocycles. The van der Waals surface area contributed by atoms with Gasteiger partial charge in [-0.1, -0.05) is 47.7 Å².